The zero-order valence-electron chi connectivity index (χ0n) is 10.2. The Balaban J connectivity index is 2.18. The van der Waals surface area contributed by atoms with Crippen LogP contribution in [0.1, 0.15) is 39.5 Å². The molecule has 2 atom stereocenters. The first-order valence-corrected chi connectivity index (χ1v) is 6.35. The molecule has 0 aliphatic carbocycles. The minimum absolute atomic E-state index is 0.373. The van der Waals surface area contributed by atoms with E-state index in [1.165, 1.54) is 12.8 Å². The van der Waals surface area contributed by atoms with Crippen molar-refractivity contribution in [1.82, 2.24) is 4.90 Å². The van der Waals surface area contributed by atoms with Crippen LogP contribution in [0.5, 0.6) is 0 Å². The van der Waals surface area contributed by atoms with E-state index in [9.17, 15) is 0 Å². The molecule has 0 saturated carbocycles. The Morgan fingerprint density at radius 2 is 2.27 bits per heavy atom. The van der Waals surface area contributed by atoms with E-state index in [2.05, 4.69) is 18.7 Å². The molecule has 0 amide bonds. The van der Waals surface area contributed by atoms with E-state index in [1.807, 2.05) is 0 Å². The monoisotopic (exact) mass is 214 g/mol. The summed E-state index contributed by atoms with van der Waals surface area (Å²) in [5.74, 6) is 0. The van der Waals surface area contributed by atoms with Gasteiger partial charge in [-0.3, -0.25) is 4.90 Å². The summed E-state index contributed by atoms with van der Waals surface area (Å²) < 4.78 is 5.71. The van der Waals surface area contributed by atoms with Crippen molar-refractivity contribution in [2.24, 2.45) is 5.73 Å². The third kappa shape index (κ3) is 4.96. The van der Waals surface area contributed by atoms with Crippen molar-refractivity contribution in [3.05, 3.63) is 0 Å². The number of ether oxygens (including phenoxy) is 1. The molecule has 0 aromatic carbocycles. The number of nitrogens with two attached hydrogens (primary N) is 1. The summed E-state index contributed by atoms with van der Waals surface area (Å²) in [5, 5.41) is 0. The molecule has 3 heteroatoms. The molecule has 1 aliphatic rings. The Kier molecular flexibility index (Phi) is 6.22. The lowest BCUT2D eigenvalue weighted by Gasteiger charge is -2.33. The van der Waals surface area contributed by atoms with Crippen LogP contribution in [0.4, 0.5) is 0 Å². The SMILES string of the molecule is CCCC1CN(CCC(N)CC)CCO1. The highest BCUT2D eigenvalue weighted by atomic mass is 16.5. The van der Waals surface area contributed by atoms with Gasteiger partial charge >= 0.3 is 0 Å². The minimum Gasteiger partial charge on any atom is -0.376 e. The van der Waals surface area contributed by atoms with Crippen LogP contribution in [0.15, 0.2) is 0 Å². The van der Waals surface area contributed by atoms with Crippen LogP contribution in [0, 0.1) is 0 Å². The van der Waals surface area contributed by atoms with Crippen molar-refractivity contribution < 1.29 is 4.74 Å². The van der Waals surface area contributed by atoms with Crippen molar-refractivity contribution in [2.45, 2.75) is 51.7 Å². The van der Waals surface area contributed by atoms with E-state index in [-0.39, 0.29) is 0 Å². The summed E-state index contributed by atoms with van der Waals surface area (Å²) in [4.78, 5) is 2.50. The second-order valence-electron chi connectivity index (χ2n) is 4.54. The number of hydrogen-bond acceptors (Lipinski definition) is 3. The molecule has 1 saturated heterocycles. The van der Waals surface area contributed by atoms with Crippen molar-refractivity contribution in [3.8, 4) is 0 Å². The van der Waals surface area contributed by atoms with Crippen molar-refractivity contribution in [3.63, 3.8) is 0 Å². The quantitative estimate of drug-likeness (QED) is 0.730. The lowest BCUT2D eigenvalue weighted by atomic mass is 10.1. The van der Waals surface area contributed by atoms with E-state index in [4.69, 9.17) is 10.5 Å². The highest BCUT2D eigenvalue weighted by Gasteiger charge is 2.19. The van der Waals surface area contributed by atoms with Gasteiger partial charge in [0.15, 0.2) is 0 Å². The molecule has 15 heavy (non-hydrogen) atoms. The predicted octanol–water partition coefficient (Wildman–Crippen LogP) is 1.61. The van der Waals surface area contributed by atoms with Gasteiger partial charge in [0.25, 0.3) is 0 Å². The fourth-order valence-corrected chi connectivity index (χ4v) is 2.03. The van der Waals surface area contributed by atoms with Gasteiger partial charge in [-0.1, -0.05) is 20.3 Å². The van der Waals surface area contributed by atoms with E-state index in [0.717, 1.165) is 39.1 Å². The first-order chi connectivity index (χ1) is 7.26. The second kappa shape index (κ2) is 7.20. The van der Waals surface area contributed by atoms with Gasteiger partial charge in [0, 0.05) is 19.1 Å². The van der Waals surface area contributed by atoms with Gasteiger partial charge in [-0.15, -0.1) is 0 Å². The zero-order valence-corrected chi connectivity index (χ0v) is 10.2. The Morgan fingerprint density at radius 1 is 1.47 bits per heavy atom. The molecule has 1 heterocycles. The zero-order chi connectivity index (χ0) is 11.1. The number of nitrogens with zero attached hydrogens (tertiary/aromatic N) is 1. The van der Waals surface area contributed by atoms with Gasteiger partial charge < -0.3 is 10.5 Å². The highest BCUT2D eigenvalue weighted by molar-refractivity contribution is 4.72. The van der Waals surface area contributed by atoms with Gasteiger partial charge in [0.2, 0.25) is 0 Å². The molecular formula is C12H26N2O. The van der Waals surface area contributed by atoms with E-state index < -0.39 is 0 Å². The van der Waals surface area contributed by atoms with Crippen LogP contribution in [0.25, 0.3) is 0 Å². The number of rotatable bonds is 6. The van der Waals surface area contributed by atoms with Crippen LogP contribution in [0.3, 0.4) is 0 Å². The lowest BCUT2D eigenvalue weighted by Crippen LogP contribution is -2.43. The van der Waals surface area contributed by atoms with E-state index >= 15 is 0 Å². The molecule has 1 aliphatic heterocycles. The molecule has 0 aromatic rings. The maximum Gasteiger partial charge on any atom is 0.0702 e. The van der Waals surface area contributed by atoms with E-state index in [1.54, 1.807) is 0 Å². The first-order valence-electron chi connectivity index (χ1n) is 6.35. The Hall–Kier alpha value is -0.120. The molecule has 1 fully saturated rings. The van der Waals surface area contributed by atoms with Crippen molar-refractivity contribution in [2.75, 3.05) is 26.2 Å². The molecule has 0 bridgehead atoms. The summed E-state index contributed by atoms with van der Waals surface area (Å²) >= 11 is 0. The van der Waals surface area contributed by atoms with Crippen LogP contribution in [0.2, 0.25) is 0 Å². The Labute approximate surface area is 94.0 Å². The molecule has 2 N–H and O–H groups in total. The summed E-state index contributed by atoms with van der Waals surface area (Å²) in [5.41, 5.74) is 5.93. The molecule has 2 unspecified atom stereocenters. The smallest absolute Gasteiger partial charge is 0.0702 e. The largest absolute Gasteiger partial charge is 0.376 e. The van der Waals surface area contributed by atoms with Crippen molar-refractivity contribution >= 4 is 0 Å². The summed E-state index contributed by atoms with van der Waals surface area (Å²) in [6, 6.07) is 0.373. The van der Waals surface area contributed by atoms with Crippen LogP contribution in [-0.4, -0.2) is 43.3 Å². The van der Waals surface area contributed by atoms with Gasteiger partial charge in [0.1, 0.15) is 0 Å². The fourth-order valence-electron chi connectivity index (χ4n) is 2.03. The predicted molar refractivity (Wildman–Crippen MR) is 64.0 cm³/mol. The van der Waals surface area contributed by atoms with Gasteiger partial charge in [-0.25, -0.2) is 0 Å². The van der Waals surface area contributed by atoms with Gasteiger partial charge in [-0.05, 0) is 25.8 Å². The molecule has 0 aromatic heterocycles. The van der Waals surface area contributed by atoms with Gasteiger partial charge in [0.05, 0.1) is 12.7 Å². The molecule has 90 valence electrons. The van der Waals surface area contributed by atoms with Crippen LogP contribution < -0.4 is 5.73 Å². The van der Waals surface area contributed by atoms with Crippen LogP contribution >= 0.6 is 0 Å². The lowest BCUT2D eigenvalue weighted by molar-refractivity contribution is -0.0328. The minimum atomic E-state index is 0.373. The topological polar surface area (TPSA) is 38.5 Å². The molecule has 3 nitrogen and oxygen atoms in total. The van der Waals surface area contributed by atoms with Crippen LogP contribution in [-0.2, 0) is 4.74 Å². The average Bonchev–Trinajstić information content (AvgIpc) is 2.27. The number of hydrogen-bond donors (Lipinski definition) is 1. The maximum atomic E-state index is 5.93. The summed E-state index contributed by atoms with van der Waals surface area (Å²) in [7, 11) is 0. The highest BCUT2D eigenvalue weighted by Crippen LogP contribution is 2.11. The van der Waals surface area contributed by atoms with Gasteiger partial charge in [-0.2, -0.15) is 0 Å². The maximum absolute atomic E-state index is 5.93. The van der Waals surface area contributed by atoms with Crippen molar-refractivity contribution in [1.29, 1.82) is 0 Å². The third-order valence-corrected chi connectivity index (χ3v) is 3.17. The number of morpholine rings is 1. The first kappa shape index (κ1) is 12.9. The standard InChI is InChI=1S/C12H26N2O/c1-3-5-12-10-14(8-9-15-12)7-6-11(13)4-2/h11-12H,3-10,13H2,1-2H3. The molecule has 0 spiro atoms. The Morgan fingerprint density at radius 3 is 2.93 bits per heavy atom. The molecule has 0 radical (unpaired) electrons. The Bertz CT molecular complexity index is 162. The van der Waals surface area contributed by atoms with E-state index in [0.29, 0.717) is 12.1 Å². The molecular weight excluding hydrogens is 188 g/mol. The molecule has 1 rings (SSSR count). The normalized spacial score (nSPS) is 25.4. The fraction of sp³-hybridized carbons (Fsp3) is 1.00. The second-order valence-corrected chi connectivity index (χ2v) is 4.54. The summed E-state index contributed by atoms with van der Waals surface area (Å²) in [6.45, 7) is 8.59. The average molecular weight is 214 g/mol. The third-order valence-electron chi connectivity index (χ3n) is 3.17. The summed E-state index contributed by atoms with van der Waals surface area (Å²) in [6.07, 6.45) is 5.07.